The molecule has 3 nitrogen and oxygen atoms in total. The first-order chi connectivity index (χ1) is 6.77. The summed E-state index contributed by atoms with van der Waals surface area (Å²) in [5, 5.41) is 0. The average molecular weight is 200 g/mol. The van der Waals surface area contributed by atoms with Crippen LogP contribution in [0.5, 0.6) is 0 Å². The van der Waals surface area contributed by atoms with Crippen molar-refractivity contribution in [3.05, 3.63) is 0 Å². The predicted octanol–water partition coefficient (Wildman–Crippen LogP) is 1.08. The maximum Gasteiger partial charge on any atom is 0.0615 e. The van der Waals surface area contributed by atoms with Crippen LogP contribution in [0.25, 0.3) is 0 Å². The Balaban J connectivity index is 2.21. The van der Waals surface area contributed by atoms with Crippen LogP contribution in [0.1, 0.15) is 26.2 Å². The van der Waals surface area contributed by atoms with Crippen LogP contribution < -0.4 is 5.73 Å². The standard InChI is InChI=1S/C11H24N2O/c1-10(9-14-2)13-7-4-11(3-6-12)5-8-13/h10-11H,3-9,12H2,1-2H3. The summed E-state index contributed by atoms with van der Waals surface area (Å²) in [4.78, 5) is 2.52. The molecule has 1 unspecified atom stereocenters. The number of nitrogens with zero attached hydrogens (tertiary/aromatic N) is 1. The molecule has 14 heavy (non-hydrogen) atoms. The number of hydrogen-bond donors (Lipinski definition) is 1. The van der Waals surface area contributed by atoms with E-state index in [1.807, 2.05) is 0 Å². The fourth-order valence-electron chi connectivity index (χ4n) is 2.26. The largest absolute Gasteiger partial charge is 0.383 e. The Hall–Kier alpha value is -0.120. The molecule has 1 atom stereocenters. The summed E-state index contributed by atoms with van der Waals surface area (Å²) >= 11 is 0. The average Bonchev–Trinajstić information content (AvgIpc) is 2.20. The molecule has 0 saturated carbocycles. The Labute approximate surface area is 87.6 Å². The lowest BCUT2D eigenvalue weighted by Gasteiger charge is -2.35. The third kappa shape index (κ3) is 3.56. The highest BCUT2D eigenvalue weighted by atomic mass is 16.5. The summed E-state index contributed by atoms with van der Waals surface area (Å²) in [6.07, 6.45) is 3.82. The highest BCUT2D eigenvalue weighted by molar-refractivity contribution is 4.76. The first kappa shape index (κ1) is 12.0. The molecule has 1 heterocycles. The molecule has 0 spiro atoms. The van der Waals surface area contributed by atoms with Crippen LogP contribution in [-0.2, 0) is 4.74 Å². The van der Waals surface area contributed by atoms with Gasteiger partial charge >= 0.3 is 0 Å². The van der Waals surface area contributed by atoms with E-state index in [4.69, 9.17) is 10.5 Å². The molecule has 84 valence electrons. The van der Waals surface area contributed by atoms with Crippen molar-refractivity contribution in [2.45, 2.75) is 32.2 Å². The molecule has 1 aliphatic rings. The molecule has 3 heteroatoms. The molecule has 0 aromatic heterocycles. The lowest BCUT2D eigenvalue weighted by Crippen LogP contribution is -2.42. The number of piperidine rings is 1. The van der Waals surface area contributed by atoms with Gasteiger partial charge in [-0.05, 0) is 51.7 Å². The number of hydrogen-bond acceptors (Lipinski definition) is 3. The maximum absolute atomic E-state index is 5.57. The summed E-state index contributed by atoms with van der Waals surface area (Å²) in [6.45, 7) is 6.37. The Morgan fingerprint density at radius 1 is 1.43 bits per heavy atom. The van der Waals surface area contributed by atoms with E-state index in [-0.39, 0.29) is 0 Å². The molecular weight excluding hydrogens is 176 g/mol. The molecule has 1 fully saturated rings. The zero-order valence-corrected chi connectivity index (χ0v) is 9.54. The third-order valence-electron chi connectivity index (χ3n) is 3.26. The van der Waals surface area contributed by atoms with E-state index in [1.54, 1.807) is 7.11 Å². The highest BCUT2D eigenvalue weighted by Gasteiger charge is 2.21. The normalized spacial score (nSPS) is 22.5. The quantitative estimate of drug-likeness (QED) is 0.722. The zero-order valence-electron chi connectivity index (χ0n) is 9.54. The van der Waals surface area contributed by atoms with Crippen molar-refractivity contribution in [3.8, 4) is 0 Å². The van der Waals surface area contributed by atoms with Crippen LogP contribution >= 0.6 is 0 Å². The van der Waals surface area contributed by atoms with Gasteiger partial charge in [-0.1, -0.05) is 0 Å². The zero-order chi connectivity index (χ0) is 10.4. The van der Waals surface area contributed by atoms with E-state index in [2.05, 4.69) is 11.8 Å². The van der Waals surface area contributed by atoms with Crippen molar-refractivity contribution in [3.63, 3.8) is 0 Å². The topological polar surface area (TPSA) is 38.5 Å². The number of ether oxygens (including phenoxy) is 1. The van der Waals surface area contributed by atoms with Gasteiger partial charge in [0.1, 0.15) is 0 Å². The molecule has 0 amide bonds. The first-order valence-corrected chi connectivity index (χ1v) is 5.71. The minimum atomic E-state index is 0.568. The van der Waals surface area contributed by atoms with Crippen LogP contribution in [-0.4, -0.2) is 44.3 Å². The molecule has 0 aliphatic carbocycles. The lowest BCUT2D eigenvalue weighted by molar-refractivity contribution is 0.0727. The van der Waals surface area contributed by atoms with Gasteiger partial charge in [0.2, 0.25) is 0 Å². The van der Waals surface area contributed by atoms with Crippen LogP contribution in [0.15, 0.2) is 0 Å². The van der Waals surface area contributed by atoms with Crippen molar-refractivity contribution in [1.29, 1.82) is 0 Å². The van der Waals surface area contributed by atoms with Crippen LogP contribution in [0.4, 0.5) is 0 Å². The smallest absolute Gasteiger partial charge is 0.0615 e. The summed E-state index contributed by atoms with van der Waals surface area (Å²) in [7, 11) is 1.78. The van der Waals surface area contributed by atoms with E-state index in [0.29, 0.717) is 6.04 Å². The Kier molecular flexibility index (Phi) is 5.45. The van der Waals surface area contributed by atoms with E-state index >= 15 is 0 Å². The van der Waals surface area contributed by atoms with Crippen molar-refractivity contribution < 1.29 is 4.74 Å². The van der Waals surface area contributed by atoms with Crippen LogP contribution in [0.3, 0.4) is 0 Å². The molecule has 0 aromatic carbocycles. The number of nitrogens with two attached hydrogens (primary N) is 1. The van der Waals surface area contributed by atoms with E-state index < -0.39 is 0 Å². The molecule has 1 rings (SSSR count). The Morgan fingerprint density at radius 2 is 2.07 bits per heavy atom. The van der Waals surface area contributed by atoms with Gasteiger partial charge in [0.25, 0.3) is 0 Å². The summed E-state index contributed by atoms with van der Waals surface area (Å²) < 4.78 is 5.17. The molecule has 2 N–H and O–H groups in total. The molecule has 0 radical (unpaired) electrons. The summed E-state index contributed by atoms with van der Waals surface area (Å²) in [5.74, 6) is 0.867. The van der Waals surface area contributed by atoms with Crippen molar-refractivity contribution in [2.24, 2.45) is 11.7 Å². The molecule has 1 aliphatic heterocycles. The van der Waals surface area contributed by atoms with Gasteiger partial charge in [-0.2, -0.15) is 0 Å². The first-order valence-electron chi connectivity index (χ1n) is 5.71. The van der Waals surface area contributed by atoms with Gasteiger partial charge < -0.3 is 10.5 Å². The number of likely N-dealkylation sites (tertiary alicyclic amines) is 1. The van der Waals surface area contributed by atoms with Gasteiger partial charge in [0.05, 0.1) is 6.61 Å². The van der Waals surface area contributed by atoms with Crippen molar-refractivity contribution >= 4 is 0 Å². The highest BCUT2D eigenvalue weighted by Crippen LogP contribution is 2.21. The minimum absolute atomic E-state index is 0.568. The van der Waals surface area contributed by atoms with Crippen molar-refractivity contribution in [2.75, 3.05) is 33.4 Å². The van der Waals surface area contributed by atoms with Gasteiger partial charge in [0, 0.05) is 13.2 Å². The lowest BCUT2D eigenvalue weighted by atomic mass is 9.93. The van der Waals surface area contributed by atoms with Gasteiger partial charge in [-0.15, -0.1) is 0 Å². The third-order valence-corrected chi connectivity index (χ3v) is 3.26. The second-order valence-corrected chi connectivity index (χ2v) is 4.36. The molecule has 1 saturated heterocycles. The second-order valence-electron chi connectivity index (χ2n) is 4.36. The van der Waals surface area contributed by atoms with E-state index in [0.717, 1.165) is 19.1 Å². The minimum Gasteiger partial charge on any atom is -0.383 e. The number of rotatable bonds is 5. The van der Waals surface area contributed by atoms with E-state index in [9.17, 15) is 0 Å². The monoisotopic (exact) mass is 200 g/mol. The second kappa shape index (κ2) is 6.38. The van der Waals surface area contributed by atoms with Gasteiger partial charge in [-0.3, -0.25) is 4.90 Å². The fourth-order valence-corrected chi connectivity index (χ4v) is 2.26. The summed E-state index contributed by atoms with van der Waals surface area (Å²) in [6, 6.07) is 0.568. The maximum atomic E-state index is 5.57. The summed E-state index contributed by atoms with van der Waals surface area (Å²) in [5.41, 5.74) is 5.57. The van der Waals surface area contributed by atoms with E-state index in [1.165, 1.54) is 32.4 Å². The Morgan fingerprint density at radius 3 is 2.57 bits per heavy atom. The SMILES string of the molecule is COCC(C)N1CCC(CCN)CC1. The van der Waals surface area contributed by atoms with Crippen LogP contribution in [0, 0.1) is 5.92 Å². The fraction of sp³-hybridized carbons (Fsp3) is 1.00. The number of methoxy groups -OCH3 is 1. The molecular formula is C11H24N2O. The Bertz CT molecular complexity index is 144. The van der Waals surface area contributed by atoms with Gasteiger partial charge in [-0.25, -0.2) is 0 Å². The molecule has 0 aromatic rings. The van der Waals surface area contributed by atoms with Crippen molar-refractivity contribution in [1.82, 2.24) is 4.90 Å². The van der Waals surface area contributed by atoms with Crippen LogP contribution in [0.2, 0.25) is 0 Å². The predicted molar refractivity (Wildman–Crippen MR) is 59.3 cm³/mol. The van der Waals surface area contributed by atoms with Gasteiger partial charge in [0.15, 0.2) is 0 Å². The molecule has 0 bridgehead atoms.